The molecule has 0 radical (unpaired) electrons. The van der Waals surface area contributed by atoms with Crippen LogP contribution in [-0.2, 0) is 6.54 Å². The van der Waals surface area contributed by atoms with E-state index in [2.05, 4.69) is 11.9 Å². The smallest absolute Gasteiger partial charge is 0.260 e. The van der Waals surface area contributed by atoms with Crippen LogP contribution in [0, 0.1) is 12.8 Å². The number of amides is 1. The van der Waals surface area contributed by atoms with Crippen molar-refractivity contribution in [3.8, 4) is 0 Å². The molecule has 1 amide bonds. The molecule has 6 heteroatoms. The molecule has 0 aromatic carbocycles. The Hall–Kier alpha value is -2.89. The Labute approximate surface area is 157 Å². The molecule has 0 saturated carbocycles. The van der Waals surface area contributed by atoms with Gasteiger partial charge in [-0.15, -0.1) is 0 Å². The molecular formula is C21H23N3O3. The van der Waals surface area contributed by atoms with E-state index < -0.39 is 0 Å². The van der Waals surface area contributed by atoms with E-state index in [1.54, 1.807) is 29.2 Å². The lowest BCUT2D eigenvalue weighted by molar-refractivity contribution is 0.0696. The number of furan rings is 1. The maximum Gasteiger partial charge on any atom is 0.260 e. The number of nitrogens with zero attached hydrogens (tertiary/aromatic N) is 3. The number of pyridine rings is 2. The molecule has 0 N–H and O–H groups in total. The maximum absolute atomic E-state index is 13.0. The summed E-state index contributed by atoms with van der Waals surface area (Å²) in [4.78, 5) is 32.3. The maximum atomic E-state index is 13.0. The number of fused-ring (bicyclic) bond motifs is 1. The Morgan fingerprint density at radius 2 is 2.07 bits per heavy atom. The zero-order valence-electron chi connectivity index (χ0n) is 15.6. The van der Waals surface area contributed by atoms with Crippen LogP contribution in [0.3, 0.4) is 0 Å². The molecule has 1 saturated heterocycles. The summed E-state index contributed by atoms with van der Waals surface area (Å²) < 4.78 is 6.92. The van der Waals surface area contributed by atoms with Crippen molar-refractivity contribution in [1.29, 1.82) is 0 Å². The lowest BCUT2D eigenvalue weighted by Crippen LogP contribution is -2.38. The number of carbonyl (C=O) groups excluding carboxylic acids is 1. The van der Waals surface area contributed by atoms with Crippen LogP contribution in [0.25, 0.3) is 10.9 Å². The third kappa shape index (κ3) is 3.39. The van der Waals surface area contributed by atoms with E-state index in [0.29, 0.717) is 40.4 Å². The second kappa shape index (κ2) is 7.02. The predicted octanol–water partition coefficient (Wildman–Crippen LogP) is 3.22. The minimum atomic E-state index is -0.169. The van der Waals surface area contributed by atoms with Crippen molar-refractivity contribution >= 4 is 16.8 Å². The summed E-state index contributed by atoms with van der Waals surface area (Å²) in [5.74, 6) is 1.32. The summed E-state index contributed by atoms with van der Waals surface area (Å²) in [5.41, 5.74) is 1.62. The highest BCUT2D eigenvalue weighted by molar-refractivity contribution is 5.98. The van der Waals surface area contributed by atoms with E-state index in [1.165, 1.54) is 0 Å². The van der Waals surface area contributed by atoms with Gasteiger partial charge in [0.25, 0.3) is 11.5 Å². The molecule has 4 rings (SSSR count). The van der Waals surface area contributed by atoms with E-state index in [1.807, 2.05) is 24.0 Å². The van der Waals surface area contributed by atoms with Gasteiger partial charge in [0.05, 0.1) is 35.0 Å². The van der Waals surface area contributed by atoms with E-state index >= 15 is 0 Å². The van der Waals surface area contributed by atoms with Gasteiger partial charge in [-0.1, -0.05) is 6.92 Å². The van der Waals surface area contributed by atoms with E-state index in [9.17, 15) is 9.59 Å². The molecule has 3 aromatic heterocycles. The largest absolute Gasteiger partial charge is 0.467 e. The summed E-state index contributed by atoms with van der Waals surface area (Å²) >= 11 is 0. The van der Waals surface area contributed by atoms with Crippen molar-refractivity contribution in [2.45, 2.75) is 33.2 Å². The monoisotopic (exact) mass is 365 g/mol. The zero-order chi connectivity index (χ0) is 19.0. The Morgan fingerprint density at radius 3 is 2.78 bits per heavy atom. The van der Waals surface area contributed by atoms with Crippen LogP contribution < -0.4 is 5.56 Å². The molecule has 0 bridgehead atoms. The Morgan fingerprint density at radius 1 is 1.30 bits per heavy atom. The highest BCUT2D eigenvalue weighted by Gasteiger charge is 2.23. The molecule has 6 nitrogen and oxygen atoms in total. The summed E-state index contributed by atoms with van der Waals surface area (Å²) in [5, 5.41) is 0.461. The van der Waals surface area contributed by atoms with Crippen LogP contribution in [0.5, 0.6) is 0 Å². The predicted molar refractivity (Wildman–Crippen MR) is 103 cm³/mol. The molecule has 140 valence electrons. The topological polar surface area (TPSA) is 68.3 Å². The summed E-state index contributed by atoms with van der Waals surface area (Å²) in [6, 6.07) is 7.14. The van der Waals surface area contributed by atoms with Crippen LogP contribution in [0.1, 0.15) is 41.6 Å². The van der Waals surface area contributed by atoms with Gasteiger partial charge in [-0.05, 0) is 49.9 Å². The van der Waals surface area contributed by atoms with Crippen molar-refractivity contribution in [2.24, 2.45) is 5.92 Å². The van der Waals surface area contributed by atoms with Gasteiger partial charge in [-0.2, -0.15) is 0 Å². The quantitative estimate of drug-likeness (QED) is 0.715. The normalized spacial score (nSPS) is 15.4. The van der Waals surface area contributed by atoms with Gasteiger partial charge in [0, 0.05) is 19.3 Å². The second-order valence-electron chi connectivity index (χ2n) is 7.36. The first-order valence-electron chi connectivity index (χ1n) is 9.35. The van der Waals surface area contributed by atoms with Gasteiger partial charge >= 0.3 is 0 Å². The molecule has 0 atom stereocenters. The summed E-state index contributed by atoms with van der Waals surface area (Å²) in [6.07, 6.45) is 5.33. The summed E-state index contributed by atoms with van der Waals surface area (Å²) in [6.45, 7) is 5.91. The fourth-order valence-corrected chi connectivity index (χ4v) is 3.60. The van der Waals surface area contributed by atoms with E-state index in [0.717, 1.165) is 25.9 Å². The minimum absolute atomic E-state index is 0.0327. The Kier molecular flexibility index (Phi) is 4.56. The van der Waals surface area contributed by atoms with Crippen molar-refractivity contribution in [1.82, 2.24) is 14.5 Å². The minimum Gasteiger partial charge on any atom is -0.467 e. The number of rotatable bonds is 3. The molecule has 4 heterocycles. The molecule has 1 aliphatic heterocycles. The number of aryl methyl sites for hydroxylation is 1. The molecular weight excluding hydrogens is 342 g/mol. The van der Waals surface area contributed by atoms with E-state index in [4.69, 9.17) is 4.42 Å². The summed E-state index contributed by atoms with van der Waals surface area (Å²) in [7, 11) is 0. The fraction of sp³-hybridized carbons (Fsp3) is 0.381. The van der Waals surface area contributed by atoms with Gasteiger partial charge in [-0.25, -0.2) is 0 Å². The average molecular weight is 365 g/mol. The molecule has 3 aromatic rings. The van der Waals surface area contributed by atoms with Crippen molar-refractivity contribution in [2.75, 3.05) is 13.1 Å². The SMILES string of the molecule is Cc1nc2ccn(Cc3ccco3)c(=O)c2cc1C(=O)N1CCC(C)CC1. The molecule has 1 aliphatic rings. The first-order valence-corrected chi connectivity index (χ1v) is 9.35. The molecule has 27 heavy (non-hydrogen) atoms. The van der Waals surface area contributed by atoms with Gasteiger partial charge < -0.3 is 13.9 Å². The lowest BCUT2D eigenvalue weighted by atomic mass is 9.98. The third-order valence-corrected chi connectivity index (χ3v) is 5.35. The van der Waals surface area contributed by atoms with Crippen LogP contribution in [0.2, 0.25) is 0 Å². The number of likely N-dealkylation sites (tertiary alicyclic amines) is 1. The number of hydrogen-bond donors (Lipinski definition) is 0. The number of aromatic nitrogens is 2. The lowest BCUT2D eigenvalue weighted by Gasteiger charge is -2.30. The third-order valence-electron chi connectivity index (χ3n) is 5.35. The van der Waals surface area contributed by atoms with Gasteiger partial charge in [0.2, 0.25) is 0 Å². The molecule has 0 spiro atoms. The van der Waals surface area contributed by atoms with Gasteiger partial charge in [0.1, 0.15) is 5.76 Å². The van der Waals surface area contributed by atoms with Crippen molar-refractivity contribution in [3.05, 3.63) is 64.1 Å². The second-order valence-corrected chi connectivity index (χ2v) is 7.36. The first-order chi connectivity index (χ1) is 13.0. The molecule has 0 unspecified atom stereocenters. The highest BCUT2D eigenvalue weighted by Crippen LogP contribution is 2.21. The first kappa shape index (κ1) is 17.5. The van der Waals surface area contributed by atoms with Crippen molar-refractivity contribution < 1.29 is 9.21 Å². The van der Waals surface area contributed by atoms with E-state index in [-0.39, 0.29) is 11.5 Å². The van der Waals surface area contributed by atoms with Crippen LogP contribution >= 0.6 is 0 Å². The number of hydrogen-bond acceptors (Lipinski definition) is 4. The highest BCUT2D eigenvalue weighted by atomic mass is 16.3. The van der Waals surface area contributed by atoms with Crippen LogP contribution in [0.4, 0.5) is 0 Å². The number of piperidine rings is 1. The Balaban J connectivity index is 1.71. The standard InChI is InChI=1S/C21H23N3O3/c1-14-5-8-23(9-6-14)20(25)17-12-18-19(22-15(17)2)7-10-24(21(18)26)13-16-4-3-11-27-16/h3-4,7,10-12,14H,5-6,8-9,13H2,1-2H3. The van der Waals surface area contributed by atoms with Crippen molar-refractivity contribution in [3.63, 3.8) is 0 Å². The van der Waals surface area contributed by atoms with Gasteiger partial charge in [-0.3, -0.25) is 14.6 Å². The van der Waals surface area contributed by atoms with Crippen LogP contribution in [-0.4, -0.2) is 33.4 Å². The number of carbonyl (C=O) groups is 1. The van der Waals surface area contributed by atoms with Gasteiger partial charge in [0.15, 0.2) is 0 Å². The Bertz CT molecular complexity index is 1030. The fourth-order valence-electron chi connectivity index (χ4n) is 3.60. The molecule has 0 aliphatic carbocycles. The average Bonchev–Trinajstić information content (AvgIpc) is 3.17. The zero-order valence-corrected chi connectivity index (χ0v) is 15.6. The van der Waals surface area contributed by atoms with Crippen LogP contribution in [0.15, 0.2) is 45.9 Å². The molecule has 1 fully saturated rings.